The van der Waals surface area contributed by atoms with Crippen LogP contribution in [0.3, 0.4) is 0 Å². The zero-order chi connectivity index (χ0) is 35.3. The number of aliphatic hydroxyl groups excluding tert-OH is 6. The van der Waals surface area contributed by atoms with Gasteiger partial charge in [0.2, 0.25) is 0 Å². The first-order chi connectivity index (χ1) is 23.8. The second-order valence-corrected chi connectivity index (χ2v) is 18.3. The van der Waals surface area contributed by atoms with E-state index in [9.17, 15) is 30.6 Å². The van der Waals surface area contributed by atoms with Crippen molar-refractivity contribution in [1.29, 1.82) is 0 Å². The van der Waals surface area contributed by atoms with Gasteiger partial charge in [0.1, 0.15) is 42.7 Å². The maximum Gasteiger partial charge on any atom is 0.186 e. The van der Waals surface area contributed by atoms with Gasteiger partial charge in [0.25, 0.3) is 0 Å². The predicted molar refractivity (Wildman–Crippen MR) is 177 cm³/mol. The van der Waals surface area contributed by atoms with E-state index in [2.05, 4.69) is 27.7 Å². The highest BCUT2D eigenvalue weighted by molar-refractivity contribution is 5.15. The predicted octanol–water partition coefficient (Wildman–Crippen LogP) is 2.08. The minimum atomic E-state index is -1.52. The normalized spacial score (nSPS) is 59.4. The maximum atomic E-state index is 10.9. The molecule has 50 heavy (non-hydrogen) atoms. The Hall–Kier alpha value is -0.480. The van der Waals surface area contributed by atoms with Crippen molar-refractivity contribution in [3.63, 3.8) is 0 Å². The number of rotatable bonds is 5. The molecule has 8 fully saturated rings. The minimum Gasteiger partial charge on any atom is -0.388 e. The van der Waals surface area contributed by atoms with Gasteiger partial charge >= 0.3 is 0 Å². The molecule has 0 aromatic carbocycles. The van der Waals surface area contributed by atoms with Crippen molar-refractivity contribution < 1.29 is 59.1 Å². The third-order valence-electron chi connectivity index (χ3n) is 15.8. The van der Waals surface area contributed by atoms with Crippen LogP contribution < -0.4 is 0 Å². The van der Waals surface area contributed by atoms with Crippen LogP contribution in [0.4, 0.5) is 0 Å². The van der Waals surface area contributed by atoms with E-state index in [1.165, 1.54) is 25.7 Å². The van der Waals surface area contributed by atoms with Gasteiger partial charge in [-0.25, -0.2) is 0 Å². The second kappa shape index (κ2) is 13.4. The summed E-state index contributed by atoms with van der Waals surface area (Å²) in [4.78, 5) is 0. The average Bonchev–Trinajstić information content (AvgIpc) is 3.54. The SMILES string of the molecule is C[C@H]1CC[C@@]2(OC1)O[C@H]1C[C@H]3[C@@H]4CC[C@@H]5C[C@@H](O[C@@H]6O[C@H](CO[C@@H]7OC[C@@H](O)[C@H](O)[C@H]7O)[C@@H](O)[C@H](O)[C@H]6O)CC[C@]5(C)[C@H]4CC[C@]3(C)[C@H]1[C@@H]2C. The summed E-state index contributed by atoms with van der Waals surface area (Å²) in [6, 6.07) is 0. The van der Waals surface area contributed by atoms with Crippen LogP contribution >= 0.6 is 0 Å². The smallest absolute Gasteiger partial charge is 0.186 e. The number of aliphatic hydroxyl groups is 6. The highest BCUT2D eigenvalue weighted by Gasteiger charge is 2.69. The van der Waals surface area contributed by atoms with E-state index in [4.69, 9.17) is 28.4 Å². The zero-order valence-corrected chi connectivity index (χ0v) is 30.2. The number of hydrogen-bond donors (Lipinski definition) is 6. The summed E-state index contributed by atoms with van der Waals surface area (Å²) in [7, 11) is 0. The van der Waals surface area contributed by atoms with Gasteiger partial charge in [-0.15, -0.1) is 0 Å². The molecule has 0 amide bonds. The summed E-state index contributed by atoms with van der Waals surface area (Å²) >= 11 is 0. The van der Waals surface area contributed by atoms with Crippen LogP contribution in [0.25, 0.3) is 0 Å². The first kappa shape index (κ1) is 36.5. The second-order valence-electron chi connectivity index (χ2n) is 18.3. The van der Waals surface area contributed by atoms with Crippen LogP contribution in [0.5, 0.6) is 0 Å². The number of fused-ring (bicyclic) bond motifs is 7. The van der Waals surface area contributed by atoms with Gasteiger partial charge in [-0.2, -0.15) is 0 Å². The van der Waals surface area contributed by atoms with Crippen molar-refractivity contribution >= 4 is 0 Å². The van der Waals surface area contributed by atoms with E-state index >= 15 is 0 Å². The Morgan fingerprint density at radius 3 is 2.24 bits per heavy atom. The van der Waals surface area contributed by atoms with Gasteiger partial charge in [0.05, 0.1) is 32.0 Å². The third-order valence-corrected chi connectivity index (χ3v) is 15.8. The molecule has 4 saturated carbocycles. The fourth-order valence-electron chi connectivity index (χ4n) is 12.8. The molecule has 6 N–H and O–H groups in total. The molecule has 4 aliphatic carbocycles. The van der Waals surface area contributed by atoms with Gasteiger partial charge in [0, 0.05) is 12.3 Å². The van der Waals surface area contributed by atoms with Gasteiger partial charge < -0.3 is 59.1 Å². The summed E-state index contributed by atoms with van der Waals surface area (Å²) < 4.78 is 36.8. The van der Waals surface area contributed by atoms with Gasteiger partial charge in [0.15, 0.2) is 18.4 Å². The van der Waals surface area contributed by atoms with E-state index in [0.29, 0.717) is 47.5 Å². The lowest BCUT2D eigenvalue weighted by atomic mass is 9.44. The molecule has 0 radical (unpaired) electrons. The Labute approximate surface area is 296 Å². The maximum absolute atomic E-state index is 10.9. The fourth-order valence-corrected chi connectivity index (χ4v) is 12.8. The summed E-state index contributed by atoms with van der Waals surface area (Å²) in [5, 5.41) is 62.2. The van der Waals surface area contributed by atoms with Crippen molar-refractivity contribution in [2.24, 2.45) is 52.3 Å². The van der Waals surface area contributed by atoms with Crippen LogP contribution in [-0.4, -0.2) is 124 Å². The molecule has 286 valence electrons. The zero-order valence-electron chi connectivity index (χ0n) is 30.2. The molecule has 0 bridgehead atoms. The molecule has 21 atom stereocenters. The Kier molecular flexibility index (Phi) is 9.76. The lowest BCUT2D eigenvalue weighted by Gasteiger charge is -2.61. The molecule has 8 aliphatic rings. The Balaban J connectivity index is 0.889. The highest BCUT2D eigenvalue weighted by atomic mass is 16.7. The van der Waals surface area contributed by atoms with Gasteiger partial charge in [-0.1, -0.05) is 27.7 Å². The van der Waals surface area contributed by atoms with Crippen LogP contribution in [-0.2, 0) is 28.4 Å². The topological polar surface area (TPSA) is 177 Å². The Morgan fingerprint density at radius 2 is 1.48 bits per heavy atom. The summed E-state index contributed by atoms with van der Waals surface area (Å²) in [5.74, 6) is 3.74. The molecule has 12 nitrogen and oxygen atoms in total. The largest absolute Gasteiger partial charge is 0.388 e. The molecular weight excluding hydrogens is 648 g/mol. The molecule has 0 unspecified atom stereocenters. The monoisotopic (exact) mass is 710 g/mol. The summed E-state index contributed by atoms with van der Waals surface area (Å²) in [5.41, 5.74) is 0.502. The van der Waals surface area contributed by atoms with Crippen LogP contribution in [0.1, 0.15) is 91.9 Å². The van der Waals surface area contributed by atoms with Crippen molar-refractivity contribution in [2.45, 2.75) is 165 Å². The molecule has 12 heteroatoms. The molecule has 8 rings (SSSR count). The Morgan fingerprint density at radius 1 is 0.720 bits per heavy atom. The van der Waals surface area contributed by atoms with Gasteiger partial charge in [-0.05, 0) is 104 Å². The Bertz CT molecular complexity index is 1210. The number of hydrogen-bond acceptors (Lipinski definition) is 12. The standard InChI is InChI=1S/C38H62O12/c1-18-7-12-38(47-15-18)19(2)28-26(50-38)14-24-22-6-5-20-13-21(8-10-36(20,3)23(22)9-11-37(24,28)4)48-35-33(44)31(42)30(41)27(49-35)17-46-34-32(43)29(40)25(39)16-45-34/h18-35,39-44H,5-17H2,1-4H3/t18-,19-,20+,21-,22+,23-,24-,25+,26-,27+,28-,29-,30+,31-,32+,33+,34-,35+,36-,37-,38+/m0/s1. The van der Waals surface area contributed by atoms with E-state index in [1.54, 1.807) is 0 Å². The summed E-state index contributed by atoms with van der Waals surface area (Å²) in [6.07, 6.45) is -0.982. The van der Waals surface area contributed by atoms with Crippen LogP contribution in [0.15, 0.2) is 0 Å². The fraction of sp³-hybridized carbons (Fsp3) is 1.00. The molecule has 4 aliphatic heterocycles. The summed E-state index contributed by atoms with van der Waals surface area (Å²) in [6.45, 7) is 10.1. The van der Waals surface area contributed by atoms with Crippen molar-refractivity contribution in [3.8, 4) is 0 Å². The van der Waals surface area contributed by atoms with E-state index in [0.717, 1.165) is 45.1 Å². The van der Waals surface area contributed by atoms with Crippen molar-refractivity contribution in [1.82, 2.24) is 0 Å². The molecule has 4 heterocycles. The number of ether oxygens (including phenoxy) is 6. The average molecular weight is 711 g/mol. The van der Waals surface area contributed by atoms with Crippen molar-refractivity contribution in [2.75, 3.05) is 19.8 Å². The molecule has 0 aromatic rings. The quantitative estimate of drug-likeness (QED) is 0.230. The van der Waals surface area contributed by atoms with Gasteiger partial charge in [-0.3, -0.25) is 0 Å². The highest BCUT2D eigenvalue weighted by Crippen LogP contribution is 2.71. The molecule has 4 saturated heterocycles. The molecule has 1 spiro atoms. The lowest BCUT2D eigenvalue weighted by Crippen LogP contribution is -2.61. The third kappa shape index (κ3) is 5.77. The first-order valence-corrected chi connectivity index (χ1v) is 19.7. The molecule has 0 aromatic heterocycles. The van der Waals surface area contributed by atoms with Crippen LogP contribution in [0.2, 0.25) is 0 Å². The van der Waals surface area contributed by atoms with E-state index in [1.807, 2.05) is 0 Å². The lowest BCUT2D eigenvalue weighted by molar-refractivity contribution is -0.331. The van der Waals surface area contributed by atoms with Crippen molar-refractivity contribution in [3.05, 3.63) is 0 Å². The van der Waals surface area contributed by atoms with Crippen LogP contribution in [0, 0.1) is 52.3 Å². The van der Waals surface area contributed by atoms with E-state index in [-0.39, 0.29) is 35.9 Å². The first-order valence-electron chi connectivity index (χ1n) is 19.7. The van der Waals surface area contributed by atoms with E-state index < -0.39 is 55.3 Å². The molecular formula is C38H62O12. The minimum absolute atomic E-state index is 0.156.